The average Bonchev–Trinajstić information content (AvgIpc) is 3.47. The summed E-state index contributed by atoms with van der Waals surface area (Å²) in [5.41, 5.74) is -3.90. The molecule has 4 aliphatic heterocycles. The average molecular weight is 611 g/mol. The zero-order chi connectivity index (χ0) is 30.9. The number of esters is 2. The minimum Gasteiger partial charge on any atom is -0.472 e. The zero-order valence-corrected chi connectivity index (χ0v) is 26.3. The number of cyclic esters (lactones) is 2. The summed E-state index contributed by atoms with van der Waals surface area (Å²) in [5, 5.41) is 12.3. The number of aliphatic hydroxyl groups excluding tert-OH is 1. The largest absolute Gasteiger partial charge is 0.472 e. The van der Waals surface area contributed by atoms with E-state index in [0.717, 1.165) is 12.0 Å². The summed E-state index contributed by atoms with van der Waals surface area (Å²) in [4.78, 5) is 41.1. The van der Waals surface area contributed by atoms with Gasteiger partial charge in [-0.05, 0) is 56.4 Å². The molecule has 44 heavy (non-hydrogen) atoms. The predicted molar refractivity (Wildman–Crippen MR) is 155 cm³/mol. The Hall–Kier alpha value is -2.23. The van der Waals surface area contributed by atoms with Crippen molar-refractivity contribution in [3.63, 3.8) is 0 Å². The highest BCUT2D eigenvalue weighted by Gasteiger charge is 2.90. The van der Waals surface area contributed by atoms with Crippen LogP contribution in [0.3, 0.4) is 0 Å². The summed E-state index contributed by atoms with van der Waals surface area (Å²) in [5.74, 6) is -0.798. The van der Waals surface area contributed by atoms with Gasteiger partial charge >= 0.3 is 11.9 Å². The van der Waals surface area contributed by atoms with Crippen molar-refractivity contribution >= 4 is 17.7 Å². The SMILES string of the molecule is C[C@H](CC[C@@]1(C)O[C@H]2CC(=O)OC[C@@]23[C@H]2CC[C@]4(C)[C@H](c5ccoc5)OC(=O)[C@H]5O[C@@]54[C@@]2(C)[C@H](O)C(=O)[C@H]31)C1CCCCC1. The molecule has 1 aromatic rings. The van der Waals surface area contributed by atoms with E-state index in [1.807, 2.05) is 13.8 Å². The van der Waals surface area contributed by atoms with E-state index in [-0.39, 0.29) is 30.7 Å². The number of Topliss-reactive ketones (excluding diaryl/α,β-unsaturated/α-hetero) is 1. The number of epoxide rings is 1. The van der Waals surface area contributed by atoms with Gasteiger partial charge in [-0.15, -0.1) is 0 Å². The van der Waals surface area contributed by atoms with Gasteiger partial charge in [0.25, 0.3) is 0 Å². The zero-order valence-electron chi connectivity index (χ0n) is 26.3. The molecular weight excluding hydrogens is 564 g/mol. The molecule has 1 aromatic heterocycles. The molecule has 0 bridgehead atoms. The molecule has 0 aromatic carbocycles. The molecule has 240 valence electrons. The van der Waals surface area contributed by atoms with Crippen molar-refractivity contribution in [1.82, 2.24) is 0 Å². The third kappa shape index (κ3) is 3.39. The van der Waals surface area contributed by atoms with Crippen LogP contribution in [0.2, 0.25) is 0 Å². The van der Waals surface area contributed by atoms with Crippen LogP contribution in [0.25, 0.3) is 0 Å². The third-order valence-electron chi connectivity index (χ3n) is 14.1. The fourth-order valence-corrected chi connectivity index (χ4v) is 12.0. The second-order valence-corrected chi connectivity index (χ2v) is 15.9. The predicted octanol–water partition coefficient (Wildman–Crippen LogP) is 5.08. The maximum Gasteiger partial charge on any atom is 0.339 e. The van der Waals surface area contributed by atoms with Gasteiger partial charge in [0.1, 0.15) is 24.4 Å². The molecule has 9 nitrogen and oxygen atoms in total. The summed E-state index contributed by atoms with van der Waals surface area (Å²) >= 11 is 0. The van der Waals surface area contributed by atoms with E-state index < -0.39 is 63.8 Å². The van der Waals surface area contributed by atoms with Crippen LogP contribution >= 0.6 is 0 Å². The van der Waals surface area contributed by atoms with Gasteiger partial charge in [0, 0.05) is 21.8 Å². The molecule has 8 rings (SSSR count). The molecule has 0 radical (unpaired) electrons. The molecule has 2 spiro atoms. The monoisotopic (exact) mass is 610 g/mol. The first-order valence-corrected chi connectivity index (χ1v) is 16.9. The van der Waals surface area contributed by atoms with Gasteiger partial charge in [0.15, 0.2) is 11.9 Å². The number of aliphatic hydroxyl groups is 1. The summed E-state index contributed by atoms with van der Waals surface area (Å²) < 4.78 is 30.7. The normalized spacial score (nSPS) is 50.3. The highest BCUT2D eigenvalue weighted by atomic mass is 16.7. The Morgan fingerprint density at radius 3 is 2.52 bits per heavy atom. The van der Waals surface area contributed by atoms with Gasteiger partial charge in [0.05, 0.1) is 36.6 Å². The van der Waals surface area contributed by atoms with E-state index >= 15 is 0 Å². The van der Waals surface area contributed by atoms with Crippen molar-refractivity contribution in [2.24, 2.45) is 39.9 Å². The minimum absolute atomic E-state index is 0.0702. The third-order valence-corrected chi connectivity index (χ3v) is 14.1. The maximum absolute atomic E-state index is 14.8. The highest BCUT2D eigenvalue weighted by Crippen LogP contribution is 2.80. The molecular formula is C35H46O9. The molecule has 9 heteroatoms. The fourth-order valence-electron chi connectivity index (χ4n) is 12.0. The number of rotatable bonds is 5. The van der Waals surface area contributed by atoms with Crippen molar-refractivity contribution in [1.29, 1.82) is 0 Å². The van der Waals surface area contributed by atoms with Crippen LogP contribution < -0.4 is 0 Å². The summed E-state index contributed by atoms with van der Waals surface area (Å²) in [6, 6.07) is 1.80. The number of carbonyl (C=O) groups excluding carboxylic acids is 3. The van der Waals surface area contributed by atoms with Crippen LogP contribution in [0, 0.1) is 39.9 Å². The Bertz CT molecular complexity index is 1370. The highest BCUT2D eigenvalue weighted by molar-refractivity contribution is 5.92. The van der Waals surface area contributed by atoms with Gasteiger partial charge in [0.2, 0.25) is 0 Å². The Balaban J connectivity index is 1.20. The molecule has 0 unspecified atom stereocenters. The number of hydrogen-bond donors (Lipinski definition) is 1. The molecule has 5 heterocycles. The smallest absolute Gasteiger partial charge is 0.339 e. The summed E-state index contributed by atoms with van der Waals surface area (Å²) in [6.07, 6.45) is 9.06. The lowest BCUT2D eigenvalue weighted by Crippen LogP contribution is -2.76. The van der Waals surface area contributed by atoms with E-state index in [9.17, 15) is 19.5 Å². The molecule has 0 amide bonds. The second-order valence-electron chi connectivity index (χ2n) is 15.9. The fraction of sp³-hybridized carbons (Fsp3) is 0.800. The molecule has 1 N–H and O–H groups in total. The molecule has 3 aliphatic carbocycles. The lowest BCUT2D eigenvalue weighted by Gasteiger charge is -2.66. The Labute approximate surface area is 258 Å². The standard InChI is InChI=1S/C35H46O9/c1-19(20-8-6-5-7-9-20)10-14-32(3)26-25(37)27(38)33(4)22(34(26)18-41-24(36)16-23(34)43-32)11-13-31(2)28(21-12-15-40-17-21)42-30(39)29-35(31,33)44-29/h12,15,17,19-20,22-23,26-29,38H,5-11,13-14,16,18H2,1-4H3/t19-,22+,23+,26+,27-,28+,29-,31-,32-,33-,34-,35+/m1/s1. The van der Waals surface area contributed by atoms with E-state index in [1.54, 1.807) is 18.6 Å². The van der Waals surface area contributed by atoms with Crippen molar-refractivity contribution in [2.45, 2.75) is 128 Å². The van der Waals surface area contributed by atoms with Crippen LogP contribution in [0.1, 0.15) is 104 Å². The molecule has 7 aliphatic rings. The Morgan fingerprint density at radius 2 is 1.80 bits per heavy atom. The van der Waals surface area contributed by atoms with Gasteiger partial charge < -0.3 is 28.5 Å². The van der Waals surface area contributed by atoms with Gasteiger partial charge in [-0.3, -0.25) is 9.59 Å². The first-order chi connectivity index (χ1) is 20.9. The van der Waals surface area contributed by atoms with Crippen LogP contribution in [0.4, 0.5) is 0 Å². The van der Waals surface area contributed by atoms with Crippen LogP contribution in [0.5, 0.6) is 0 Å². The van der Waals surface area contributed by atoms with Gasteiger partial charge in [-0.2, -0.15) is 0 Å². The van der Waals surface area contributed by atoms with Crippen LogP contribution in [0.15, 0.2) is 23.0 Å². The number of fused-ring (bicyclic) bond motifs is 1. The number of carbonyl (C=O) groups is 3. The molecule has 4 saturated heterocycles. The molecule has 7 fully saturated rings. The quantitative estimate of drug-likeness (QED) is 0.359. The molecule has 12 atom stereocenters. The van der Waals surface area contributed by atoms with E-state index in [4.69, 9.17) is 23.4 Å². The summed E-state index contributed by atoms with van der Waals surface area (Å²) in [6.45, 7) is 8.41. The Morgan fingerprint density at radius 1 is 1.02 bits per heavy atom. The van der Waals surface area contributed by atoms with Crippen LogP contribution in [-0.4, -0.2) is 58.9 Å². The van der Waals surface area contributed by atoms with Gasteiger partial charge in [-0.25, -0.2) is 4.79 Å². The van der Waals surface area contributed by atoms with Crippen molar-refractivity contribution in [3.8, 4) is 0 Å². The van der Waals surface area contributed by atoms with E-state index in [2.05, 4.69) is 13.8 Å². The second kappa shape index (κ2) is 9.41. The lowest BCUT2D eigenvalue weighted by atomic mass is 9.36. The Kier molecular flexibility index (Phi) is 6.24. The van der Waals surface area contributed by atoms with E-state index in [1.165, 1.54) is 32.1 Å². The summed E-state index contributed by atoms with van der Waals surface area (Å²) in [7, 11) is 0. The number of hydrogen-bond acceptors (Lipinski definition) is 9. The van der Waals surface area contributed by atoms with Crippen molar-refractivity contribution < 1.29 is 42.9 Å². The molecule has 3 saturated carbocycles. The lowest BCUT2D eigenvalue weighted by molar-refractivity contribution is -0.252. The number of ketones is 1. The number of ether oxygens (including phenoxy) is 4. The maximum atomic E-state index is 14.8. The van der Waals surface area contributed by atoms with Gasteiger partial charge in [-0.1, -0.05) is 52.9 Å². The first-order valence-electron chi connectivity index (χ1n) is 16.9. The van der Waals surface area contributed by atoms with Crippen molar-refractivity contribution in [2.75, 3.05) is 6.61 Å². The van der Waals surface area contributed by atoms with Crippen LogP contribution in [-0.2, 0) is 33.3 Å². The van der Waals surface area contributed by atoms with Crippen molar-refractivity contribution in [3.05, 3.63) is 24.2 Å². The first kappa shape index (κ1) is 29.2. The topological polar surface area (TPSA) is 125 Å². The number of furan rings is 1. The minimum atomic E-state index is -1.38. The van der Waals surface area contributed by atoms with E-state index in [0.29, 0.717) is 31.1 Å².